The van der Waals surface area contributed by atoms with Crippen molar-refractivity contribution in [2.24, 2.45) is 0 Å². The third-order valence-electron chi connectivity index (χ3n) is 6.19. The molecule has 0 saturated heterocycles. The maximum atomic E-state index is 9.90. The van der Waals surface area contributed by atoms with Gasteiger partial charge in [-0.15, -0.1) is 0 Å². The molecule has 0 atom stereocenters. The number of unbranched alkanes of at least 4 members (excludes halogenated alkanes) is 14. The Morgan fingerprint density at radius 2 is 1.13 bits per heavy atom. The zero-order chi connectivity index (χ0) is 22.0. The molecule has 0 aliphatic heterocycles. The molecule has 2 aromatic rings. The molecular formula is C29H45NO. The lowest BCUT2D eigenvalue weighted by atomic mass is 10.0. The van der Waals surface area contributed by atoms with E-state index in [1.54, 1.807) is 6.07 Å². The zero-order valence-corrected chi connectivity index (χ0v) is 19.9. The van der Waals surface area contributed by atoms with Gasteiger partial charge < -0.3 is 10.4 Å². The molecule has 2 nitrogen and oxygen atoms in total. The second-order valence-corrected chi connectivity index (χ2v) is 9.03. The number of hydrogen-bond acceptors (Lipinski definition) is 2. The fourth-order valence-corrected chi connectivity index (χ4v) is 4.27. The molecule has 2 rings (SSSR count). The van der Waals surface area contributed by atoms with Crippen LogP contribution in [0.15, 0.2) is 48.5 Å². The van der Waals surface area contributed by atoms with E-state index in [4.69, 9.17) is 0 Å². The van der Waals surface area contributed by atoms with Gasteiger partial charge in [-0.05, 0) is 48.7 Å². The van der Waals surface area contributed by atoms with Crippen molar-refractivity contribution in [1.82, 2.24) is 0 Å². The normalized spacial score (nSPS) is 11.0. The first-order valence-corrected chi connectivity index (χ1v) is 12.9. The van der Waals surface area contributed by atoms with Gasteiger partial charge in [0, 0.05) is 11.4 Å². The van der Waals surface area contributed by atoms with Gasteiger partial charge in [-0.1, -0.05) is 115 Å². The number of aryl methyl sites for hydroxylation is 1. The Hall–Kier alpha value is -1.96. The van der Waals surface area contributed by atoms with Gasteiger partial charge in [0.15, 0.2) is 0 Å². The van der Waals surface area contributed by atoms with Crippen molar-refractivity contribution >= 4 is 11.4 Å². The molecule has 0 aromatic heterocycles. The minimum Gasteiger partial charge on any atom is -0.508 e. The van der Waals surface area contributed by atoms with Crippen LogP contribution in [-0.2, 0) is 6.42 Å². The highest BCUT2D eigenvalue weighted by Gasteiger charge is 2.05. The number of hydrogen-bond donors (Lipinski definition) is 2. The Balaban J connectivity index is 1.50. The number of para-hydroxylation sites is 1. The van der Waals surface area contributed by atoms with Crippen molar-refractivity contribution < 1.29 is 5.11 Å². The average molecular weight is 424 g/mol. The van der Waals surface area contributed by atoms with E-state index in [1.807, 2.05) is 30.3 Å². The van der Waals surface area contributed by atoms with Gasteiger partial charge in [0.2, 0.25) is 0 Å². The Labute approximate surface area is 191 Å². The van der Waals surface area contributed by atoms with E-state index in [9.17, 15) is 5.11 Å². The molecule has 2 N–H and O–H groups in total. The molecule has 0 radical (unpaired) electrons. The predicted molar refractivity (Wildman–Crippen MR) is 136 cm³/mol. The van der Waals surface area contributed by atoms with E-state index >= 15 is 0 Å². The highest BCUT2D eigenvalue weighted by Crippen LogP contribution is 2.26. The number of rotatable bonds is 18. The van der Waals surface area contributed by atoms with Crippen LogP contribution in [0, 0.1) is 0 Å². The molecule has 0 fully saturated rings. The lowest BCUT2D eigenvalue weighted by molar-refractivity contribution is 0.474. The Morgan fingerprint density at radius 1 is 0.613 bits per heavy atom. The van der Waals surface area contributed by atoms with Crippen molar-refractivity contribution in [3.8, 4) is 5.75 Å². The Bertz CT molecular complexity index is 682. The first-order chi connectivity index (χ1) is 15.3. The monoisotopic (exact) mass is 423 g/mol. The summed E-state index contributed by atoms with van der Waals surface area (Å²) in [5, 5.41) is 13.4. The molecule has 0 bridgehead atoms. The van der Waals surface area contributed by atoms with Crippen molar-refractivity contribution in [3.05, 3.63) is 54.1 Å². The van der Waals surface area contributed by atoms with Gasteiger partial charge in [0.05, 0.1) is 0 Å². The highest BCUT2D eigenvalue weighted by atomic mass is 16.3. The van der Waals surface area contributed by atoms with E-state index in [1.165, 1.54) is 102 Å². The molecular weight excluding hydrogens is 378 g/mol. The first-order valence-electron chi connectivity index (χ1n) is 12.9. The van der Waals surface area contributed by atoms with Gasteiger partial charge in [-0.2, -0.15) is 0 Å². The molecule has 0 heterocycles. The van der Waals surface area contributed by atoms with Crippen LogP contribution in [-0.4, -0.2) is 5.11 Å². The molecule has 31 heavy (non-hydrogen) atoms. The van der Waals surface area contributed by atoms with E-state index in [0.717, 1.165) is 17.8 Å². The number of aromatic hydroxyl groups is 1. The van der Waals surface area contributed by atoms with Gasteiger partial charge in [-0.25, -0.2) is 0 Å². The Morgan fingerprint density at radius 3 is 1.68 bits per heavy atom. The number of anilines is 2. The SMILES string of the molecule is CCCCCCCCCCCCCCCCCc1cc(O)ccc1Nc1ccccc1. The second-order valence-electron chi connectivity index (χ2n) is 9.03. The second kappa shape index (κ2) is 16.7. The maximum Gasteiger partial charge on any atom is 0.116 e. The summed E-state index contributed by atoms with van der Waals surface area (Å²) in [6.07, 6.45) is 21.8. The maximum absolute atomic E-state index is 9.90. The van der Waals surface area contributed by atoms with E-state index in [0.29, 0.717) is 5.75 Å². The molecule has 0 aliphatic rings. The van der Waals surface area contributed by atoms with Crippen LogP contribution in [0.3, 0.4) is 0 Å². The molecule has 2 heteroatoms. The van der Waals surface area contributed by atoms with Crippen molar-refractivity contribution in [1.29, 1.82) is 0 Å². The van der Waals surface area contributed by atoms with Crippen molar-refractivity contribution in [2.45, 2.75) is 110 Å². The van der Waals surface area contributed by atoms with Crippen LogP contribution >= 0.6 is 0 Å². The van der Waals surface area contributed by atoms with Gasteiger partial charge in [0.25, 0.3) is 0 Å². The number of benzene rings is 2. The summed E-state index contributed by atoms with van der Waals surface area (Å²) < 4.78 is 0. The highest BCUT2D eigenvalue weighted by molar-refractivity contribution is 5.64. The largest absolute Gasteiger partial charge is 0.508 e. The Kier molecular flexibility index (Phi) is 13.6. The van der Waals surface area contributed by atoms with E-state index in [2.05, 4.69) is 24.4 Å². The molecule has 0 unspecified atom stereocenters. The summed E-state index contributed by atoms with van der Waals surface area (Å²) in [5.74, 6) is 0.356. The number of phenolic OH excluding ortho intramolecular Hbond substituents is 1. The van der Waals surface area contributed by atoms with Crippen LogP contribution < -0.4 is 5.32 Å². The first kappa shape index (κ1) is 25.3. The summed E-state index contributed by atoms with van der Waals surface area (Å²) in [6.45, 7) is 2.29. The lowest BCUT2D eigenvalue weighted by Gasteiger charge is -2.13. The molecule has 0 aliphatic carbocycles. The predicted octanol–water partition coefficient (Wildman–Crippen LogP) is 9.55. The third kappa shape index (κ3) is 11.9. The van der Waals surface area contributed by atoms with Crippen molar-refractivity contribution in [3.63, 3.8) is 0 Å². The lowest BCUT2D eigenvalue weighted by Crippen LogP contribution is -1.96. The van der Waals surface area contributed by atoms with Crippen LogP contribution in [0.1, 0.15) is 109 Å². The van der Waals surface area contributed by atoms with Crippen LogP contribution in [0.25, 0.3) is 0 Å². The van der Waals surface area contributed by atoms with E-state index in [-0.39, 0.29) is 0 Å². The summed E-state index contributed by atoms with van der Waals surface area (Å²) in [5.41, 5.74) is 3.40. The van der Waals surface area contributed by atoms with Gasteiger partial charge in [0.1, 0.15) is 5.75 Å². The summed E-state index contributed by atoms with van der Waals surface area (Å²) in [7, 11) is 0. The summed E-state index contributed by atoms with van der Waals surface area (Å²) in [4.78, 5) is 0. The van der Waals surface area contributed by atoms with Gasteiger partial charge in [-0.3, -0.25) is 0 Å². The zero-order valence-electron chi connectivity index (χ0n) is 19.9. The van der Waals surface area contributed by atoms with Gasteiger partial charge >= 0.3 is 0 Å². The summed E-state index contributed by atoms with van der Waals surface area (Å²) >= 11 is 0. The smallest absolute Gasteiger partial charge is 0.116 e. The average Bonchev–Trinajstić information content (AvgIpc) is 2.79. The van der Waals surface area contributed by atoms with Crippen LogP contribution in [0.2, 0.25) is 0 Å². The number of phenols is 1. The van der Waals surface area contributed by atoms with E-state index < -0.39 is 0 Å². The quantitative estimate of drug-likeness (QED) is 0.185. The third-order valence-corrected chi connectivity index (χ3v) is 6.19. The topological polar surface area (TPSA) is 32.3 Å². The molecule has 2 aromatic carbocycles. The molecule has 0 amide bonds. The fraction of sp³-hybridized carbons (Fsp3) is 0.586. The molecule has 172 valence electrons. The van der Waals surface area contributed by atoms with Crippen molar-refractivity contribution in [2.75, 3.05) is 5.32 Å². The standard InChI is InChI=1S/C29H45NO/c1-2-3-4-5-6-7-8-9-10-11-12-13-14-15-17-20-26-25-28(31)23-24-29(26)30-27-21-18-16-19-22-27/h16,18-19,21-25,30-31H,2-15,17,20H2,1H3. The fourth-order valence-electron chi connectivity index (χ4n) is 4.27. The number of nitrogens with one attached hydrogen (secondary N) is 1. The van der Waals surface area contributed by atoms with Crippen LogP contribution in [0.5, 0.6) is 5.75 Å². The minimum atomic E-state index is 0.356. The van der Waals surface area contributed by atoms with Crippen LogP contribution in [0.4, 0.5) is 11.4 Å². The molecule has 0 saturated carbocycles. The molecule has 0 spiro atoms. The minimum absolute atomic E-state index is 0.356. The summed E-state index contributed by atoms with van der Waals surface area (Å²) in [6, 6.07) is 15.9.